The maximum absolute atomic E-state index is 11.5. The lowest BCUT2D eigenvalue weighted by Crippen LogP contribution is -2.53. The van der Waals surface area contributed by atoms with Crippen LogP contribution in [0.4, 0.5) is 4.79 Å². The molecule has 1 atom stereocenters. The lowest BCUT2D eigenvalue weighted by molar-refractivity contribution is -0.124. The second-order valence-electron chi connectivity index (χ2n) is 4.13. The first-order valence-corrected chi connectivity index (χ1v) is 4.84. The predicted molar refractivity (Wildman–Crippen MR) is 52.5 cm³/mol. The minimum absolute atomic E-state index is 0.150. The quantitative estimate of drug-likeness (QED) is 0.555. The molecule has 1 rings (SSSR count). The van der Waals surface area contributed by atoms with E-state index in [0.29, 0.717) is 12.3 Å². The van der Waals surface area contributed by atoms with Crippen molar-refractivity contribution in [2.75, 3.05) is 6.54 Å². The molecule has 1 unspecified atom stereocenters. The third kappa shape index (κ3) is 2.04. The van der Waals surface area contributed by atoms with Crippen LogP contribution in [-0.2, 0) is 4.79 Å². The van der Waals surface area contributed by atoms with Gasteiger partial charge in [-0.3, -0.25) is 10.1 Å². The Balaban J connectivity index is 2.66. The minimum atomic E-state index is -0.874. The van der Waals surface area contributed by atoms with E-state index >= 15 is 0 Å². The summed E-state index contributed by atoms with van der Waals surface area (Å²) in [5.74, 6) is 0.189. The van der Waals surface area contributed by atoms with Gasteiger partial charge in [0.05, 0.1) is 0 Å². The molecule has 0 aromatic heterocycles. The lowest BCUT2D eigenvalue weighted by Gasteiger charge is -2.24. The second kappa shape index (κ2) is 3.96. The van der Waals surface area contributed by atoms with Crippen LogP contribution in [0.3, 0.4) is 0 Å². The molecular formula is C9H17N3O2. The van der Waals surface area contributed by atoms with E-state index in [1.54, 1.807) is 0 Å². The number of rotatable bonds is 4. The number of carbonyl (C=O) groups is 2. The summed E-state index contributed by atoms with van der Waals surface area (Å²) in [7, 11) is 0. The second-order valence-corrected chi connectivity index (χ2v) is 4.13. The van der Waals surface area contributed by atoms with Crippen LogP contribution < -0.4 is 16.4 Å². The average Bonchev–Trinajstić information content (AvgIpc) is 2.38. The number of urea groups is 1. The van der Waals surface area contributed by atoms with Crippen LogP contribution in [0.2, 0.25) is 0 Å². The van der Waals surface area contributed by atoms with Crippen molar-refractivity contribution in [3.05, 3.63) is 0 Å². The number of amides is 3. The third-order valence-corrected chi connectivity index (χ3v) is 2.51. The number of carbonyl (C=O) groups excluding carboxylic acids is 2. The molecule has 4 N–H and O–H groups in total. The van der Waals surface area contributed by atoms with Crippen LogP contribution in [0.5, 0.6) is 0 Å². The highest BCUT2D eigenvalue weighted by atomic mass is 16.2. The van der Waals surface area contributed by atoms with Crippen molar-refractivity contribution < 1.29 is 9.59 Å². The zero-order valence-corrected chi connectivity index (χ0v) is 8.59. The Morgan fingerprint density at radius 3 is 2.43 bits per heavy atom. The Labute approximate surface area is 83.4 Å². The van der Waals surface area contributed by atoms with Crippen molar-refractivity contribution in [1.82, 2.24) is 10.6 Å². The Bertz CT molecular complexity index is 252. The number of hydrogen-bond acceptors (Lipinski definition) is 3. The van der Waals surface area contributed by atoms with Crippen molar-refractivity contribution >= 4 is 11.9 Å². The van der Waals surface area contributed by atoms with Gasteiger partial charge in [0, 0.05) is 6.54 Å². The van der Waals surface area contributed by atoms with Gasteiger partial charge in [-0.25, -0.2) is 4.79 Å². The van der Waals surface area contributed by atoms with Gasteiger partial charge in [0.2, 0.25) is 0 Å². The van der Waals surface area contributed by atoms with Gasteiger partial charge in [-0.05, 0) is 18.8 Å². The van der Waals surface area contributed by atoms with Crippen LogP contribution in [0, 0.1) is 5.92 Å². The molecule has 0 aliphatic carbocycles. The normalized spacial score (nSPS) is 26.6. The number of hydrogen-bond donors (Lipinski definition) is 3. The van der Waals surface area contributed by atoms with Gasteiger partial charge in [-0.2, -0.15) is 0 Å². The zero-order chi connectivity index (χ0) is 10.8. The Hall–Kier alpha value is -1.10. The molecule has 1 saturated heterocycles. The monoisotopic (exact) mass is 199 g/mol. The van der Waals surface area contributed by atoms with Crippen LogP contribution in [0.1, 0.15) is 26.7 Å². The number of imide groups is 1. The van der Waals surface area contributed by atoms with Gasteiger partial charge in [-0.1, -0.05) is 13.8 Å². The molecule has 80 valence electrons. The van der Waals surface area contributed by atoms with Crippen molar-refractivity contribution in [1.29, 1.82) is 0 Å². The average molecular weight is 199 g/mol. The summed E-state index contributed by atoms with van der Waals surface area (Å²) in [5.41, 5.74) is 4.66. The van der Waals surface area contributed by atoms with Crippen LogP contribution in [0.15, 0.2) is 0 Å². The van der Waals surface area contributed by atoms with E-state index in [9.17, 15) is 9.59 Å². The highest BCUT2D eigenvalue weighted by Crippen LogP contribution is 2.19. The van der Waals surface area contributed by atoms with E-state index in [1.165, 1.54) is 0 Å². The molecule has 0 bridgehead atoms. The molecule has 5 nitrogen and oxygen atoms in total. The molecule has 1 heterocycles. The molecule has 0 saturated carbocycles. The zero-order valence-electron chi connectivity index (χ0n) is 8.59. The smallest absolute Gasteiger partial charge is 0.322 e. The fourth-order valence-electron chi connectivity index (χ4n) is 1.48. The Morgan fingerprint density at radius 2 is 2.07 bits per heavy atom. The van der Waals surface area contributed by atoms with Gasteiger partial charge in [0.25, 0.3) is 5.91 Å². The molecule has 0 radical (unpaired) electrons. The summed E-state index contributed by atoms with van der Waals surface area (Å²) in [6, 6.07) is -0.441. The van der Waals surface area contributed by atoms with Crippen molar-refractivity contribution in [2.45, 2.75) is 32.2 Å². The molecule has 0 aromatic rings. The highest BCUT2D eigenvalue weighted by molar-refractivity contribution is 6.07. The molecule has 14 heavy (non-hydrogen) atoms. The van der Waals surface area contributed by atoms with E-state index in [2.05, 4.69) is 24.5 Å². The summed E-state index contributed by atoms with van der Waals surface area (Å²) in [6.45, 7) is 4.29. The SMILES string of the molecule is CC(C)CCC1(CN)NC(=O)NC1=O. The third-order valence-electron chi connectivity index (χ3n) is 2.51. The molecule has 0 spiro atoms. The van der Waals surface area contributed by atoms with Crippen molar-refractivity contribution in [3.8, 4) is 0 Å². The molecule has 1 fully saturated rings. The van der Waals surface area contributed by atoms with Crippen LogP contribution in [0.25, 0.3) is 0 Å². The largest absolute Gasteiger partial charge is 0.328 e. The summed E-state index contributed by atoms with van der Waals surface area (Å²) in [6.07, 6.45) is 1.46. The number of nitrogens with one attached hydrogen (secondary N) is 2. The first-order chi connectivity index (χ1) is 6.50. The molecule has 1 aliphatic heterocycles. The maximum Gasteiger partial charge on any atom is 0.322 e. The maximum atomic E-state index is 11.5. The molecule has 1 aliphatic rings. The van der Waals surface area contributed by atoms with Gasteiger partial charge in [0.1, 0.15) is 5.54 Å². The van der Waals surface area contributed by atoms with Crippen LogP contribution >= 0.6 is 0 Å². The van der Waals surface area contributed by atoms with Crippen LogP contribution in [-0.4, -0.2) is 24.0 Å². The van der Waals surface area contributed by atoms with E-state index < -0.39 is 11.6 Å². The standard InChI is InChI=1S/C9H17N3O2/c1-6(2)3-4-9(5-10)7(13)11-8(14)12-9/h6H,3-5,10H2,1-2H3,(H2,11,12,13,14). The number of nitrogens with two attached hydrogens (primary N) is 1. The fourth-order valence-corrected chi connectivity index (χ4v) is 1.48. The fraction of sp³-hybridized carbons (Fsp3) is 0.778. The van der Waals surface area contributed by atoms with E-state index in [4.69, 9.17) is 5.73 Å². The first kappa shape index (κ1) is 11.0. The van der Waals surface area contributed by atoms with E-state index in [-0.39, 0.29) is 12.5 Å². The first-order valence-electron chi connectivity index (χ1n) is 4.84. The highest BCUT2D eigenvalue weighted by Gasteiger charge is 2.44. The van der Waals surface area contributed by atoms with Crippen molar-refractivity contribution in [3.63, 3.8) is 0 Å². The van der Waals surface area contributed by atoms with Gasteiger partial charge in [0.15, 0.2) is 0 Å². The topological polar surface area (TPSA) is 84.2 Å². The molecule has 0 aromatic carbocycles. The van der Waals surface area contributed by atoms with E-state index in [1.807, 2.05) is 0 Å². The summed E-state index contributed by atoms with van der Waals surface area (Å²) in [5, 5.41) is 4.81. The molecular weight excluding hydrogens is 182 g/mol. The lowest BCUT2D eigenvalue weighted by atomic mass is 9.90. The summed E-state index contributed by atoms with van der Waals surface area (Å²) >= 11 is 0. The molecule has 3 amide bonds. The minimum Gasteiger partial charge on any atom is -0.328 e. The van der Waals surface area contributed by atoms with Gasteiger partial charge in [-0.15, -0.1) is 0 Å². The Kier molecular flexibility index (Phi) is 3.10. The summed E-state index contributed by atoms with van der Waals surface area (Å²) in [4.78, 5) is 22.4. The van der Waals surface area contributed by atoms with Crippen molar-refractivity contribution in [2.24, 2.45) is 11.7 Å². The van der Waals surface area contributed by atoms with E-state index in [0.717, 1.165) is 6.42 Å². The predicted octanol–water partition coefficient (Wildman–Crippen LogP) is -0.0405. The van der Waals surface area contributed by atoms with Gasteiger partial charge >= 0.3 is 6.03 Å². The van der Waals surface area contributed by atoms with Gasteiger partial charge < -0.3 is 11.1 Å². The molecule has 5 heteroatoms. The Morgan fingerprint density at radius 1 is 1.43 bits per heavy atom. The summed E-state index contributed by atoms with van der Waals surface area (Å²) < 4.78 is 0.